The maximum Gasteiger partial charge on any atom is 0.310 e. The number of benzene rings is 1. The first-order valence-electron chi connectivity index (χ1n) is 6.93. The molecule has 0 N–H and O–H groups in total. The molecule has 0 aromatic heterocycles. The second-order valence-corrected chi connectivity index (χ2v) is 5.07. The lowest BCUT2D eigenvalue weighted by atomic mass is 9.97. The van der Waals surface area contributed by atoms with Crippen molar-refractivity contribution in [3.8, 4) is 0 Å². The van der Waals surface area contributed by atoms with Crippen LogP contribution < -0.4 is 0 Å². The van der Waals surface area contributed by atoms with E-state index in [0.29, 0.717) is 25.3 Å². The van der Waals surface area contributed by atoms with Crippen molar-refractivity contribution in [2.24, 2.45) is 5.92 Å². The Balaban J connectivity index is 1.95. The van der Waals surface area contributed by atoms with Crippen molar-refractivity contribution >= 4 is 5.97 Å². The second-order valence-electron chi connectivity index (χ2n) is 5.07. The molecule has 0 amide bonds. The summed E-state index contributed by atoms with van der Waals surface area (Å²) in [4.78, 5) is 13.8. The van der Waals surface area contributed by atoms with E-state index >= 15 is 0 Å². The maximum absolute atomic E-state index is 13.2. The molecule has 0 spiro atoms. The van der Waals surface area contributed by atoms with Gasteiger partial charge in [0.15, 0.2) is 11.6 Å². The van der Waals surface area contributed by atoms with Gasteiger partial charge in [0.1, 0.15) is 0 Å². The average Bonchev–Trinajstić information content (AvgIpc) is 2.43. The van der Waals surface area contributed by atoms with Crippen LogP contribution in [0.1, 0.15) is 25.3 Å². The first-order valence-corrected chi connectivity index (χ1v) is 6.93. The predicted octanol–water partition coefficient (Wildman–Crippen LogP) is 2.74. The van der Waals surface area contributed by atoms with Crippen LogP contribution in [0, 0.1) is 17.6 Å². The number of esters is 1. The Labute approximate surface area is 117 Å². The molecule has 0 saturated carbocycles. The van der Waals surface area contributed by atoms with Crippen LogP contribution in [0.2, 0.25) is 0 Å². The first kappa shape index (κ1) is 14.9. The van der Waals surface area contributed by atoms with Gasteiger partial charge in [0.25, 0.3) is 0 Å². The van der Waals surface area contributed by atoms with Crippen LogP contribution in [-0.4, -0.2) is 30.6 Å². The fourth-order valence-electron chi connectivity index (χ4n) is 2.55. The van der Waals surface area contributed by atoms with Gasteiger partial charge in [-0.2, -0.15) is 0 Å². The highest BCUT2D eigenvalue weighted by atomic mass is 19.2. The monoisotopic (exact) mass is 283 g/mol. The summed E-state index contributed by atoms with van der Waals surface area (Å²) >= 11 is 0. The zero-order valence-corrected chi connectivity index (χ0v) is 11.6. The number of carbonyl (C=O) groups excluding carboxylic acids is 1. The summed E-state index contributed by atoms with van der Waals surface area (Å²) in [5.41, 5.74) is 0.716. The van der Waals surface area contributed by atoms with Crippen molar-refractivity contribution in [2.75, 3.05) is 19.7 Å². The molecular weight excluding hydrogens is 264 g/mol. The molecular formula is C15H19F2NO2. The molecule has 1 saturated heterocycles. The van der Waals surface area contributed by atoms with Gasteiger partial charge >= 0.3 is 5.97 Å². The molecule has 110 valence electrons. The Kier molecular flexibility index (Phi) is 5.06. The van der Waals surface area contributed by atoms with E-state index in [1.54, 1.807) is 13.0 Å². The highest BCUT2D eigenvalue weighted by Gasteiger charge is 2.26. The lowest BCUT2D eigenvalue weighted by molar-refractivity contribution is -0.150. The van der Waals surface area contributed by atoms with Gasteiger partial charge in [-0.05, 0) is 44.0 Å². The molecule has 1 aromatic carbocycles. The Morgan fingerprint density at radius 3 is 2.90 bits per heavy atom. The number of nitrogens with zero attached hydrogens (tertiary/aromatic N) is 1. The van der Waals surface area contributed by atoms with E-state index in [1.165, 1.54) is 6.07 Å². The van der Waals surface area contributed by atoms with Crippen LogP contribution in [0.4, 0.5) is 8.78 Å². The molecule has 1 aliphatic heterocycles. The quantitative estimate of drug-likeness (QED) is 0.796. The summed E-state index contributed by atoms with van der Waals surface area (Å²) in [5.74, 6) is -1.95. The predicted molar refractivity (Wildman–Crippen MR) is 71.0 cm³/mol. The van der Waals surface area contributed by atoms with E-state index in [0.717, 1.165) is 25.5 Å². The van der Waals surface area contributed by atoms with Crippen molar-refractivity contribution in [2.45, 2.75) is 26.3 Å². The maximum atomic E-state index is 13.2. The summed E-state index contributed by atoms with van der Waals surface area (Å²) < 4.78 is 31.1. The molecule has 0 aliphatic carbocycles. The lowest BCUT2D eigenvalue weighted by Crippen LogP contribution is -2.38. The van der Waals surface area contributed by atoms with Crippen molar-refractivity contribution in [3.63, 3.8) is 0 Å². The molecule has 2 rings (SSSR count). The Bertz CT molecular complexity index is 479. The lowest BCUT2D eigenvalue weighted by Gasteiger charge is -2.31. The first-order chi connectivity index (χ1) is 9.60. The summed E-state index contributed by atoms with van der Waals surface area (Å²) in [5, 5.41) is 0. The molecule has 5 heteroatoms. The van der Waals surface area contributed by atoms with E-state index in [1.807, 2.05) is 0 Å². The number of hydrogen-bond acceptors (Lipinski definition) is 3. The molecule has 1 aliphatic rings. The van der Waals surface area contributed by atoms with Gasteiger partial charge in [-0.25, -0.2) is 8.78 Å². The van der Waals surface area contributed by atoms with Gasteiger partial charge in [0.05, 0.1) is 12.5 Å². The molecule has 0 unspecified atom stereocenters. The van der Waals surface area contributed by atoms with Crippen molar-refractivity contribution in [1.82, 2.24) is 4.90 Å². The van der Waals surface area contributed by atoms with E-state index in [-0.39, 0.29) is 11.9 Å². The fourth-order valence-corrected chi connectivity index (χ4v) is 2.55. The highest BCUT2D eigenvalue weighted by Crippen LogP contribution is 2.20. The fraction of sp³-hybridized carbons (Fsp3) is 0.533. The van der Waals surface area contributed by atoms with E-state index in [4.69, 9.17) is 4.74 Å². The topological polar surface area (TPSA) is 29.5 Å². The van der Waals surface area contributed by atoms with E-state index in [9.17, 15) is 13.6 Å². The normalized spacial score (nSPS) is 19.9. The minimum absolute atomic E-state index is 0.117. The number of hydrogen-bond donors (Lipinski definition) is 0. The summed E-state index contributed by atoms with van der Waals surface area (Å²) in [6.07, 6.45) is 1.74. The zero-order valence-electron chi connectivity index (χ0n) is 11.6. The number of piperidine rings is 1. The van der Waals surface area contributed by atoms with Crippen LogP contribution in [0.5, 0.6) is 0 Å². The van der Waals surface area contributed by atoms with Gasteiger partial charge < -0.3 is 4.74 Å². The second kappa shape index (κ2) is 6.79. The highest BCUT2D eigenvalue weighted by molar-refractivity contribution is 5.72. The van der Waals surface area contributed by atoms with Gasteiger partial charge in [-0.1, -0.05) is 6.07 Å². The summed E-state index contributed by atoms with van der Waals surface area (Å²) in [6.45, 7) is 4.16. The third-order valence-corrected chi connectivity index (χ3v) is 3.52. The van der Waals surface area contributed by atoms with Crippen LogP contribution in [-0.2, 0) is 16.1 Å². The van der Waals surface area contributed by atoms with Crippen molar-refractivity contribution in [3.05, 3.63) is 35.4 Å². The summed E-state index contributed by atoms with van der Waals surface area (Å²) in [7, 11) is 0. The number of carbonyl (C=O) groups is 1. The molecule has 1 aromatic rings. The molecule has 3 nitrogen and oxygen atoms in total. The van der Waals surface area contributed by atoms with Gasteiger partial charge in [0, 0.05) is 13.1 Å². The van der Waals surface area contributed by atoms with E-state index in [2.05, 4.69) is 4.90 Å². The van der Waals surface area contributed by atoms with Gasteiger partial charge in [-0.15, -0.1) is 0 Å². The largest absolute Gasteiger partial charge is 0.466 e. The Hall–Kier alpha value is -1.49. The molecule has 1 heterocycles. The summed E-state index contributed by atoms with van der Waals surface area (Å²) in [6, 6.07) is 3.92. The third-order valence-electron chi connectivity index (χ3n) is 3.52. The Morgan fingerprint density at radius 1 is 1.40 bits per heavy atom. The minimum atomic E-state index is -0.836. The number of halogens is 2. The van der Waals surface area contributed by atoms with Crippen LogP contribution in [0.25, 0.3) is 0 Å². The number of ether oxygens (including phenoxy) is 1. The smallest absolute Gasteiger partial charge is 0.310 e. The standard InChI is InChI=1S/C15H19F2NO2/c1-2-20-15(19)12-4-3-7-18(10-12)9-11-5-6-13(16)14(17)8-11/h5-6,8,12H,2-4,7,9-10H2,1H3/t12-/m0/s1. The third kappa shape index (κ3) is 3.76. The molecule has 1 fully saturated rings. The Morgan fingerprint density at radius 2 is 2.20 bits per heavy atom. The molecule has 1 atom stereocenters. The van der Waals surface area contributed by atoms with Crippen molar-refractivity contribution in [1.29, 1.82) is 0 Å². The van der Waals surface area contributed by atoms with Crippen LogP contribution >= 0.6 is 0 Å². The molecule has 0 bridgehead atoms. The average molecular weight is 283 g/mol. The van der Waals surface area contributed by atoms with Gasteiger partial charge in [0.2, 0.25) is 0 Å². The van der Waals surface area contributed by atoms with Crippen LogP contribution in [0.3, 0.4) is 0 Å². The molecule has 20 heavy (non-hydrogen) atoms. The number of rotatable bonds is 4. The molecule has 0 radical (unpaired) electrons. The SMILES string of the molecule is CCOC(=O)[C@H]1CCCN(Cc2ccc(F)c(F)c2)C1. The zero-order chi connectivity index (χ0) is 14.5. The van der Waals surface area contributed by atoms with E-state index < -0.39 is 11.6 Å². The minimum Gasteiger partial charge on any atom is -0.466 e. The van der Waals surface area contributed by atoms with Crippen molar-refractivity contribution < 1.29 is 18.3 Å². The van der Waals surface area contributed by atoms with Gasteiger partial charge in [-0.3, -0.25) is 9.69 Å². The number of likely N-dealkylation sites (tertiary alicyclic amines) is 1. The van der Waals surface area contributed by atoms with Crippen LogP contribution in [0.15, 0.2) is 18.2 Å².